The number of nitrogens with zero attached hydrogens (tertiary/aromatic N) is 1. The Balaban J connectivity index is 1.82. The van der Waals surface area contributed by atoms with Crippen molar-refractivity contribution in [2.75, 3.05) is 12.4 Å². The quantitative estimate of drug-likeness (QED) is 0.785. The van der Waals surface area contributed by atoms with Gasteiger partial charge in [-0.25, -0.2) is 0 Å². The summed E-state index contributed by atoms with van der Waals surface area (Å²) in [5.74, 6) is 0.853. The summed E-state index contributed by atoms with van der Waals surface area (Å²) in [7, 11) is 1.85. The molecule has 0 saturated heterocycles. The molecule has 0 spiro atoms. The molecule has 3 rings (SSSR count). The van der Waals surface area contributed by atoms with Gasteiger partial charge in [-0.3, -0.25) is 9.59 Å². The number of carbonyl (C=O) groups is 2. The molecule has 1 aromatic heterocycles. The number of furan rings is 1. The molecule has 1 saturated carbocycles. The summed E-state index contributed by atoms with van der Waals surface area (Å²) >= 11 is 0. The number of hydrogen-bond acceptors (Lipinski definition) is 3. The molecule has 5 heteroatoms. The molecule has 0 unspecified atom stereocenters. The third-order valence-corrected chi connectivity index (χ3v) is 5.67. The molecule has 0 radical (unpaired) electrons. The molecule has 2 aromatic rings. The Morgan fingerprint density at radius 3 is 2.36 bits per heavy atom. The van der Waals surface area contributed by atoms with Crippen LogP contribution in [-0.2, 0) is 21.5 Å². The maximum atomic E-state index is 13.5. The second-order valence-electron chi connectivity index (χ2n) is 8.10. The molecule has 150 valence electrons. The van der Waals surface area contributed by atoms with Crippen LogP contribution < -0.4 is 5.32 Å². The van der Waals surface area contributed by atoms with Gasteiger partial charge in [0.05, 0.1) is 18.2 Å². The molecular weight excluding hydrogens is 352 g/mol. The first-order valence-electron chi connectivity index (χ1n) is 10.1. The van der Waals surface area contributed by atoms with Crippen LogP contribution in [0.15, 0.2) is 47.1 Å². The van der Waals surface area contributed by atoms with Crippen molar-refractivity contribution in [1.82, 2.24) is 4.90 Å². The van der Waals surface area contributed by atoms with E-state index in [-0.39, 0.29) is 17.7 Å². The largest absolute Gasteiger partial charge is 0.467 e. The summed E-state index contributed by atoms with van der Waals surface area (Å²) in [6.45, 7) is 4.21. The Morgan fingerprint density at radius 2 is 1.79 bits per heavy atom. The molecule has 5 nitrogen and oxygen atoms in total. The van der Waals surface area contributed by atoms with Crippen LogP contribution in [0.5, 0.6) is 0 Å². The van der Waals surface area contributed by atoms with E-state index in [1.165, 1.54) is 6.42 Å². The minimum Gasteiger partial charge on any atom is -0.467 e. The Hall–Kier alpha value is -2.56. The van der Waals surface area contributed by atoms with Crippen LogP contribution in [0, 0.1) is 5.92 Å². The summed E-state index contributed by atoms with van der Waals surface area (Å²) in [5, 5.41) is 2.92. The number of nitrogens with one attached hydrogen (secondary N) is 1. The lowest BCUT2D eigenvalue weighted by Gasteiger charge is -2.39. The molecule has 1 aliphatic carbocycles. The van der Waals surface area contributed by atoms with E-state index < -0.39 is 5.41 Å². The molecular formula is C23H30N2O3. The highest BCUT2D eigenvalue weighted by Gasteiger charge is 2.42. The topological polar surface area (TPSA) is 62.6 Å². The lowest BCUT2D eigenvalue weighted by atomic mass is 9.68. The predicted molar refractivity (Wildman–Crippen MR) is 110 cm³/mol. The highest BCUT2D eigenvalue weighted by Crippen LogP contribution is 2.41. The van der Waals surface area contributed by atoms with E-state index in [2.05, 4.69) is 5.32 Å². The van der Waals surface area contributed by atoms with Crippen LogP contribution >= 0.6 is 0 Å². The molecule has 0 atom stereocenters. The highest BCUT2D eigenvalue weighted by atomic mass is 16.3. The third kappa shape index (κ3) is 4.29. The number of anilines is 1. The normalized spacial score (nSPS) is 16.0. The van der Waals surface area contributed by atoms with Gasteiger partial charge < -0.3 is 14.6 Å². The first kappa shape index (κ1) is 20.2. The van der Waals surface area contributed by atoms with Gasteiger partial charge in [-0.15, -0.1) is 0 Å². The predicted octanol–water partition coefficient (Wildman–Crippen LogP) is 4.73. The van der Waals surface area contributed by atoms with E-state index >= 15 is 0 Å². The lowest BCUT2D eigenvalue weighted by molar-refractivity contribution is -0.138. The Labute approximate surface area is 167 Å². The van der Waals surface area contributed by atoms with Gasteiger partial charge in [-0.05, 0) is 42.7 Å². The van der Waals surface area contributed by atoms with Crippen LogP contribution in [0.25, 0.3) is 0 Å². The van der Waals surface area contributed by atoms with E-state index in [0.717, 1.165) is 42.7 Å². The van der Waals surface area contributed by atoms with Gasteiger partial charge in [0.15, 0.2) is 0 Å². The fourth-order valence-electron chi connectivity index (χ4n) is 4.01. The molecule has 1 fully saturated rings. The zero-order chi connectivity index (χ0) is 20.1. The van der Waals surface area contributed by atoms with E-state index in [9.17, 15) is 9.59 Å². The second-order valence-corrected chi connectivity index (χ2v) is 8.10. The smallest absolute Gasteiger partial charge is 0.233 e. The highest BCUT2D eigenvalue weighted by molar-refractivity contribution is 5.92. The molecule has 0 aliphatic heterocycles. The van der Waals surface area contributed by atoms with Crippen LogP contribution in [0.3, 0.4) is 0 Å². The van der Waals surface area contributed by atoms with Gasteiger partial charge in [0.25, 0.3) is 0 Å². The molecule has 0 bridgehead atoms. The van der Waals surface area contributed by atoms with Crippen molar-refractivity contribution in [3.63, 3.8) is 0 Å². The zero-order valence-electron chi connectivity index (χ0n) is 17.0. The second kappa shape index (κ2) is 8.63. The van der Waals surface area contributed by atoms with Crippen LogP contribution in [0.4, 0.5) is 5.69 Å². The van der Waals surface area contributed by atoms with Crippen molar-refractivity contribution in [3.8, 4) is 0 Å². The fourth-order valence-corrected chi connectivity index (χ4v) is 4.01. The Kier molecular flexibility index (Phi) is 6.22. The monoisotopic (exact) mass is 382 g/mol. The van der Waals surface area contributed by atoms with E-state index in [4.69, 9.17) is 4.42 Å². The molecule has 28 heavy (non-hydrogen) atoms. The van der Waals surface area contributed by atoms with Crippen molar-refractivity contribution in [1.29, 1.82) is 0 Å². The van der Waals surface area contributed by atoms with Crippen molar-refractivity contribution in [2.45, 2.75) is 57.9 Å². The first-order valence-corrected chi connectivity index (χ1v) is 10.1. The van der Waals surface area contributed by atoms with Gasteiger partial charge in [-0.1, -0.05) is 45.2 Å². The summed E-state index contributed by atoms with van der Waals surface area (Å²) in [6, 6.07) is 11.6. The first-order chi connectivity index (χ1) is 13.4. The SMILES string of the molecule is CC(C)C(=O)Nc1ccc(C2(C(=O)N(C)Cc3ccco3)CCCCC2)cc1. The van der Waals surface area contributed by atoms with Gasteiger partial charge in [0, 0.05) is 18.7 Å². The summed E-state index contributed by atoms with van der Waals surface area (Å²) in [6.07, 6.45) is 6.60. The molecule has 2 amide bonds. The minimum atomic E-state index is -0.500. The number of likely N-dealkylation sites (N-methyl/N-ethyl adjacent to an activating group) is 1. The number of hydrogen-bond donors (Lipinski definition) is 1. The summed E-state index contributed by atoms with van der Waals surface area (Å²) in [4.78, 5) is 27.2. The van der Waals surface area contributed by atoms with Crippen molar-refractivity contribution in [2.24, 2.45) is 5.92 Å². The van der Waals surface area contributed by atoms with Crippen LogP contribution in [-0.4, -0.2) is 23.8 Å². The Morgan fingerprint density at radius 1 is 1.11 bits per heavy atom. The summed E-state index contributed by atoms with van der Waals surface area (Å²) in [5.41, 5.74) is 1.30. The zero-order valence-corrected chi connectivity index (χ0v) is 17.0. The number of rotatable bonds is 6. The van der Waals surface area contributed by atoms with E-state index in [1.54, 1.807) is 11.2 Å². The average molecular weight is 383 g/mol. The number of benzene rings is 1. The van der Waals surface area contributed by atoms with Crippen molar-refractivity contribution >= 4 is 17.5 Å². The number of carbonyl (C=O) groups excluding carboxylic acids is 2. The average Bonchev–Trinajstić information content (AvgIpc) is 3.21. The third-order valence-electron chi connectivity index (χ3n) is 5.67. The van der Waals surface area contributed by atoms with E-state index in [0.29, 0.717) is 6.54 Å². The van der Waals surface area contributed by atoms with Gasteiger partial charge >= 0.3 is 0 Å². The van der Waals surface area contributed by atoms with Gasteiger partial charge in [0.1, 0.15) is 5.76 Å². The number of amides is 2. The minimum absolute atomic E-state index is 0.00520. The molecule has 1 aromatic carbocycles. The Bertz CT molecular complexity index is 788. The van der Waals surface area contributed by atoms with Crippen LogP contribution in [0.2, 0.25) is 0 Å². The maximum Gasteiger partial charge on any atom is 0.233 e. The van der Waals surface area contributed by atoms with Gasteiger partial charge in [-0.2, -0.15) is 0 Å². The van der Waals surface area contributed by atoms with Crippen molar-refractivity contribution in [3.05, 3.63) is 54.0 Å². The lowest BCUT2D eigenvalue weighted by Crippen LogP contribution is -2.46. The summed E-state index contributed by atoms with van der Waals surface area (Å²) < 4.78 is 5.42. The fraction of sp³-hybridized carbons (Fsp3) is 0.478. The van der Waals surface area contributed by atoms with Crippen molar-refractivity contribution < 1.29 is 14.0 Å². The van der Waals surface area contributed by atoms with Crippen LogP contribution in [0.1, 0.15) is 57.3 Å². The van der Waals surface area contributed by atoms with Gasteiger partial charge in [0.2, 0.25) is 11.8 Å². The maximum absolute atomic E-state index is 13.5. The van der Waals surface area contributed by atoms with E-state index in [1.807, 2.05) is 57.3 Å². The molecule has 1 N–H and O–H groups in total. The molecule has 1 heterocycles. The standard InChI is InChI=1S/C23H30N2O3/c1-17(2)21(26)24-19-11-9-18(10-12-19)23(13-5-4-6-14-23)22(27)25(3)16-20-8-7-15-28-20/h7-12,15,17H,4-6,13-14,16H2,1-3H3,(H,24,26). The molecule has 1 aliphatic rings.